The third kappa shape index (κ3) is 4.76. The van der Waals surface area contributed by atoms with Gasteiger partial charge < -0.3 is 9.73 Å². The highest BCUT2D eigenvalue weighted by Gasteiger charge is 2.37. The number of hydrogen-bond donors (Lipinski definition) is 1. The molecule has 8 heteroatoms. The van der Waals surface area contributed by atoms with Gasteiger partial charge in [0.05, 0.1) is 17.5 Å². The van der Waals surface area contributed by atoms with Crippen LogP contribution in [-0.4, -0.2) is 25.2 Å². The normalized spacial score (nSPS) is 16.6. The zero-order valence-electron chi connectivity index (χ0n) is 17.0. The van der Waals surface area contributed by atoms with Crippen molar-refractivity contribution < 1.29 is 17.6 Å². The molecule has 1 aliphatic heterocycles. The van der Waals surface area contributed by atoms with Gasteiger partial charge in [0.2, 0.25) is 15.9 Å². The van der Waals surface area contributed by atoms with Gasteiger partial charge in [0, 0.05) is 17.4 Å². The Kier molecular flexibility index (Phi) is 6.31. The predicted octanol–water partition coefficient (Wildman–Crippen LogP) is 4.35. The van der Waals surface area contributed by atoms with Crippen LogP contribution in [0.4, 0.5) is 0 Å². The molecule has 31 heavy (non-hydrogen) atoms. The Balaban J connectivity index is 1.60. The molecule has 0 spiro atoms. The van der Waals surface area contributed by atoms with Gasteiger partial charge in [0.15, 0.2) is 0 Å². The van der Waals surface area contributed by atoms with Crippen LogP contribution in [0, 0.1) is 6.92 Å². The van der Waals surface area contributed by atoms with Gasteiger partial charge in [-0.3, -0.25) is 4.79 Å². The molecule has 0 saturated heterocycles. The highest BCUT2D eigenvalue weighted by molar-refractivity contribution is 9.10. The number of hydrogen-bond acceptors (Lipinski definition) is 4. The van der Waals surface area contributed by atoms with Gasteiger partial charge in [-0.2, -0.15) is 4.31 Å². The fraction of sp³-hybridized carbons (Fsp3) is 0.261. The number of benzene rings is 2. The highest BCUT2D eigenvalue weighted by Crippen LogP contribution is 2.36. The van der Waals surface area contributed by atoms with E-state index in [9.17, 15) is 13.2 Å². The summed E-state index contributed by atoms with van der Waals surface area (Å²) in [6.07, 6.45) is 0.641. The van der Waals surface area contributed by atoms with Crippen LogP contribution in [0.25, 0.3) is 0 Å². The first-order valence-electron chi connectivity index (χ1n) is 10.0. The maximum absolute atomic E-state index is 13.4. The molecule has 1 aromatic heterocycles. The maximum Gasteiger partial charge on any atom is 0.243 e. The minimum absolute atomic E-state index is 0.0342. The average Bonchev–Trinajstić information content (AvgIpc) is 3.18. The van der Waals surface area contributed by atoms with Crippen LogP contribution in [-0.2, 0) is 27.8 Å². The summed E-state index contributed by atoms with van der Waals surface area (Å²) < 4.78 is 34.6. The maximum atomic E-state index is 13.4. The fourth-order valence-electron chi connectivity index (χ4n) is 3.88. The monoisotopic (exact) mass is 502 g/mol. The van der Waals surface area contributed by atoms with E-state index in [0.29, 0.717) is 18.7 Å². The first-order valence-corrected chi connectivity index (χ1v) is 12.2. The second-order valence-corrected chi connectivity index (χ2v) is 10.3. The third-order valence-electron chi connectivity index (χ3n) is 5.42. The van der Waals surface area contributed by atoms with Crippen molar-refractivity contribution in [1.29, 1.82) is 0 Å². The molecule has 0 radical (unpaired) electrons. The quantitative estimate of drug-likeness (QED) is 0.543. The Labute approximate surface area is 190 Å². The Morgan fingerprint density at radius 3 is 2.58 bits per heavy atom. The summed E-state index contributed by atoms with van der Waals surface area (Å²) in [6.45, 7) is 2.43. The molecule has 162 valence electrons. The molecule has 0 saturated carbocycles. The summed E-state index contributed by atoms with van der Waals surface area (Å²) >= 11 is 3.34. The lowest BCUT2D eigenvalue weighted by molar-refractivity contribution is -0.122. The lowest BCUT2D eigenvalue weighted by Gasteiger charge is -2.36. The number of rotatable bonds is 6. The van der Waals surface area contributed by atoms with Crippen molar-refractivity contribution >= 4 is 31.9 Å². The zero-order chi connectivity index (χ0) is 22.0. The molecule has 1 amide bonds. The molecule has 1 atom stereocenters. The fourth-order valence-corrected chi connectivity index (χ4v) is 5.75. The van der Waals surface area contributed by atoms with Gasteiger partial charge in [-0.05, 0) is 60.9 Å². The van der Waals surface area contributed by atoms with Crippen LogP contribution in [0.1, 0.15) is 35.1 Å². The molecule has 4 rings (SSSR count). The molecule has 0 bridgehead atoms. The van der Waals surface area contributed by atoms with Crippen molar-refractivity contribution in [1.82, 2.24) is 9.62 Å². The summed E-state index contributed by atoms with van der Waals surface area (Å²) in [6, 6.07) is 17.4. The van der Waals surface area contributed by atoms with Gasteiger partial charge >= 0.3 is 0 Å². The number of carbonyl (C=O) groups is 1. The minimum atomic E-state index is -3.77. The molecule has 1 aliphatic rings. The lowest BCUT2D eigenvalue weighted by Crippen LogP contribution is -2.42. The second-order valence-electron chi connectivity index (χ2n) is 7.53. The zero-order valence-corrected chi connectivity index (χ0v) is 19.4. The summed E-state index contributed by atoms with van der Waals surface area (Å²) in [5.41, 5.74) is 1.95. The molecule has 6 nitrogen and oxygen atoms in total. The van der Waals surface area contributed by atoms with E-state index in [0.717, 1.165) is 21.4 Å². The van der Waals surface area contributed by atoms with Gasteiger partial charge in [0.1, 0.15) is 11.5 Å². The van der Waals surface area contributed by atoms with E-state index in [2.05, 4.69) is 21.2 Å². The van der Waals surface area contributed by atoms with Crippen LogP contribution < -0.4 is 5.32 Å². The summed E-state index contributed by atoms with van der Waals surface area (Å²) in [5.74, 6) is 1.21. The smallest absolute Gasteiger partial charge is 0.243 e. The van der Waals surface area contributed by atoms with Crippen LogP contribution in [0.3, 0.4) is 0 Å². The molecule has 2 aromatic carbocycles. The lowest BCUT2D eigenvalue weighted by atomic mass is 9.92. The molecule has 1 N–H and O–H groups in total. The van der Waals surface area contributed by atoms with Gasteiger partial charge in [-0.25, -0.2) is 8.42 Å². The number of halogens is 1. The molecule has 0 fully saturated rings. The number of nitrogens with zero attached hydrogens (tertiary/aromatic N) is 1. The molecular weight excluding hydrogens is 480 g/mol. The van der Waals surface area contributed by atoms with Crippen molar-refractivity contribution in [3.63, 3.8) is 0 Å². The summed E-state index contributed by atoms with van der Waals surface area (Å²) in [7, 11) is -3.77. The average molecular weight is 503 g/mol. The Bertz CT molecular complexity index is 1190. The number of nitrogens with one attached hydrogen (secondary N) is 1. The molecule has 2 heterocycles. The van der Waals surface area contributed by atoms with Crippen molar-refractivity contribution in [2.75, 3.05) is 6.54 Å². The molecule has 0 unspecified atom stereocenters. The SMILES string of the molecule is Cc1ccc(CNC(=O)C[C@@H]2c3ccccc3CCN2S(=O)(=O)c2ccc(Br)cc2)o1. The standard InChI is InChI=1S/C23H23BrN2O4S/c1-16-6-9-19(30-16)15-25-23(27)14-22-21-5-3-2-4-17(21)12-13-26(22)31(28,29)20-10-7-18(24)8-11-20/h2-11,22H,12-15H2,1H3,(H,25,27)/t22-/m1/s1. The number of fused-ring (bicyclic) bond motifs is 1. The van der Waals surface area contributed by atoms with Crippen molar-refractivity contribution in [2.24, 2.45) is 0 Å². The van der Waals surface area contributed by atoms with Crippen LogP contribution in [0.5, 0.6) is 0 Å². The molecular formula is C23H23BrN2O4S. The number of sulfonamides is 1. The summed E-state index contributed by atoms with van der Waals surface area (Å²) in [4.78, 5) is 13.0. The van der Waals surface area contributed by atoms with Crippen LogP contribution in [0.2, 0.25) is 0 Å². The van der Waals surface area contributed by atoms with Gasteiger partial charge in [0.25, 0.3) is 0 Å². The second kappa shape index (κ2) is 8.98. The third-order valence-corrected chi connectivity index (χ3v) is 7.87. The molecule has 3 aromatic rings. The number of carbonyl (C=O) groups excluding carboxylic acids is 1. The highest BCUT2D eigenvalue weighted by atomic mass is 79.9. The number of furan rings is 1. The van der Waals surface area contributed by atoms with Crippen LogP contribution in [0.15, 0.2) is 74.4 Å². The van der Waals surface area contributed by atoms with E-state index in [1.807, 2.05) is 43.3 Å². The predicted molar refractivity (Wildman–Crippen MR) is 121 cm³/mol. The van der Waals surface area contributed by atoms with E-state index >= 15 is 0 Å². The van der Waals surface area contributed by atoms with Crippen LogP contribution >= 0.6 is 15.9 Å². The Morgan fingerprint density at radius 1 is 1.13 bits per heavy atom. The summed E-state index contributed by atoms with van der Waals surface area (Å²) in [5, 5.41) is 2.85. The van der Waals surface area contributed by atoms with Gasteiger partial charge in [-0.15, -0.1) is 0 Å². The minimum Gasteiger partial charge on any atom is -0.465 e. The first kappa shape index (κ1) is 21.8. The molecule has 0 aliphatic carbocycles. The van der Waals surface area contributed by atoms with Crippen molar-refractivity contribution in [2.45, 2.75) is 37.2 Å². The Hall–Kier alpha value is -2.42. The number of aryl methyl sites for hydroxylation is 1. The van der Waals surface area contributed by atoms with E-state index in [4.69, 9.17) is 4.42 Å². The number of amides is 1. The largest absolute Gasteiger partial charge is 0.465 e. The van der Waals surface area contributed by atoms with Gasteiger partial charge in [-0.1, -0.05) is 40.2 Å². The topological polar surface area (TPSA) is 79.6 Å². The van der Waals surface area contributed by atoms with E-state index in [1.54, 1.807) is 24.3 Å². The first-order chi connectivity index (χ1) is 14.8. The van der Waals surface area contributed by atoms with Crippen molar-refractivity contribution in [3.05, 3.63) is 87.8 Å². The Morgan fingerprint density at radius 2 is 1.87 bits per heavy atom. The van der Waals surface area contributed by atoms with Crippen molar-refractivity contribution in [3.8, 4) is 0 Å². The van der Waals surface area contributed by atoms with E-state index in [-0.39, 0.29) is 23.8 Å². The van der Waals surface area contributed by atoms with E-state index < -0.39 is 16.1 Å². The van der Waals surface area contributed by atoms with E-state index in [1.165, 1.54) is 4.31 Å².